The van der Waals surface area contributed by atoms with Gasteiger partial charge in [-0.15, -0.1) is 40.5 Å². The number of nitrogens with zero attached hydrogens (tertiary/aromatic N) is 1. The summed E-state index contributed by atoms with van der Waals surface area (Å²) in [6, 6.07) is 23.3. The molecule has 0 unspecified atom stereocenters. The van der Waals surface area contributed by atoms with Gasteiger partial charge in [-0.05, 0) is 73.1 Å². The van der Waals surface area contributed by atoms with Gasteiger partial charge in [0.05, 0.1) is 0 Å². The Morgan fingerprint density at radius 3 is 2.15 bits per heavy atom. The molecule has 0 amide bonds. The van der Waals surface area contributed by atoms with Crippen molar-refractivity contribution in [3.8, 4) is 11.3 Å². The van der Waals surface area contributed by atoms with Crippen molar-refractivity contribution < 1.29 is 34.4 Å². The molecule has 1 radical (unpaired) electrons. The number of aromatic nitrogens is 1. The number of fused-ring (bicyclic) bond motifs is 5. The van der Waals surface area contributed by atoms with Crippen molar-refractivity contribution in [1.82, 2.24) is 4.98 Å². The molecule has 6 rings (SSSR count). The minimum atomic E-state index is -0.337. The zero-order chi connectivity index (χ0) is 37.3. The molecule has 0 bridgehead atoms. The Hall–Kier alpha value is -3.31. The minimum absolute atomic E-state index is 0. The Kier molecular flexibility index (Phi) is 13.0. The number of furan rings is 1. The van der Waals surface area contributed by atoms with E-state index in [9.17, 15) is 9.90 Å². The predicted molar refractivity (Wildman–Crippen MR) is 219 cm³/mol. The molecule has 3 heterocycles. The zero-order valence-corrected chi connectivity index (χ0v) is 36.1. The Morgan fingerprint density at radius 2 is 1.54 bits per heavy atom. The van der Waals surface area contributed by atoms with Gasteiger partial charge in [0.2, 0.25) is 0 Å². The van der Waals surface area contributed by atoms with Gasteiger partial charge in [-0.25, -0.2) is 0 Å². The fraction of sp³-hybridized carbons (Fsp3) is 0.435. The summed E-state index contributed by atoms with van der Waals surface area (Å²) in [4.78, 5) is 18.4. The number of hydrogen-bond acceptors (Lipinski definition) is 5. The number of aliphatic hydroxyl groups is 1. The summed E-state index contributed by atoms with van der Waals surface area (Å²) in [7, 11) is 0. The van der Waals surface area contributed by atoms with Crippen LogP contribution in [0.25, 0.3) is 54.1 Å². The van der Waals surface area contributed by atoms with E-state index in [-0.39, 0.29) is 47.9 Å². The third-order valence-electron chi connectivity index (χ3n) is 11.1. The summed E-state index contributed by atoms with van der Waals surface area (Å²) in [6.07, 6.45) is 7.77. The number of ketones is 1. The quantitative estimate of drug-likeness (QED) is 0.0845. The average molecular weight is 895 g/mol. The van der Waals surface area contributed by atoms with Crippen LogP contribution >= 0.6 is 11.3 Å². The smallest absolute Gasteiger partial charge is 0.164 e. The largest absolute Gasteiger partial charge is 0.512 e. The normalized spacial score (nSPS) is 12.8. The summed E-state index contributed by atoms with van der Waals surface area (Å²) in [5.41, 5.74) is 4.29. The van der Waals surface area contributed by atoms with Crippen LogP contribution in [-0.4, -0.2) is 15.9 Å². The van der Waals surface area contributed by atoms with Crippen molar-refractivity contribution in [3.63, 3.8) is 0 Å². The van der Waals surface area contributed by atoms with E-state index >= 15 is 0 Å². The van der Waals surface area contributed by atoms with Crippen LogP contribution in [0.4, 0.5) is 0 Å². The van der Waals surface area contributed by atoms with Crippen LogP contribution in [0.3, 0.4) is 0 Å². The van der Waals surface area contributed by atoms with Crippen molar-refractivity contribution in [2.24, 2.45) is 16.7 Å². The van der Waals surface area contributed by atoms with Crippen molar-refractivity contribution in [3.05, 3.63) is 89.1 Å². The van der Waals surface area contributed by atoms with E-state index < -0.39 is 0 Å². The minimum Gasteiger partial charge on any atom is -0.512 e. The van der Waals surface area contributed by atoms with Crippen molar-refractivity contribution in [1.29, 1.82) is 0 Å². The van der Waals surface area contributed by atoms with Crippen LogP contribution in [0.5, 0.6) is 0 Å². The maximum absolute atomic E-state index is 12.2. The molecule has 0 atom stereocenters. The molecule has 3 aromatic carbocycles. The molecule has 1 N–H and O–H groups in total. The zero-order valence-electron chi connectivity index (χ0n) is 32.9. The molecule has 0 aliphatic rings. The molecule has 6 heteroatoms. The summed E-state index contributed by atoms with van der Waals surface area (Å²) in [5, 5.41) is 16.0. The molecule has 0 spiro atoms. The number of rotatable bonds is 10. The Morgan fingerprint density at radius 1 is 0.885 bits per heavy atom. The van der Waals surface area contributed by atoms with Gasteiger partial charge in [0.15, 0.2) is 5.78 Å². The maximum atomic E-state index is 12.2. The molecule has 6 aromatic rings. The second kappa shape index (κ2) is 16.4. The Labute approximate surface area is 328 Å². The van der Waals surface area contributed by atoms with Crippen LogP contribution in [0.1, 0.15) is 112 Å². The first-order valence-electron chi connectivity index (χ1n) is 18.7. The second-order valence-corrected chi connectivity index (χ2v) is 17.3. The van der Waals surface area contributed by atoms with Gasteiger partial charge in [0, 0.05) is 69.3 Å². The number of aliphatic hydroxyl groups excluding tert-OH is 1. The standard InChI is InChI=1S/C31H28NOS.C15H28O2.Ir/c1-18(2)12-22-14-20-15-25-24-10-11-32-29(30(24)33-27(25)17-28(20)34-22)21-13-19-8-6-7-9-23(19)26(16-21)31(3,4)5;1-7-14(5,8-2)12(16)11-13(17)15(6,9-3)10-4;/h6-11,14-18H,12H2,1-5H3;11,16H,7-10H2,1-6H3;/q-1;;/b;12-11-;. The molecular formula is C46H56IrNO3S-. The van der Waals surface area contributed by atoms with Gasteiger partial charge < -0.3 is 9.52 Å². The molecule has 0 saturated carbocycles. The van der Waals surface area contributed by atoms with Crippen LogP contribution in [0.15, 0.2) is 77.0 Å². The Balaban J connectivity index is 0.000000289. The van der Waals surface area contributed by atoms with E-state index in [4.69, 9.17) is 9.40 Å². The summed E-state index contributed by atoms with van der Waals surface area (Å²) in [6.45, 7) is 23.4. The molecule has 0 saturated heterocycles. The molecule has 3 aromatic heterocycles. The van der Waals surface area contributed by atoms with Gasteiger partial charge in [-0.3, -0.25) is 9.78 Å². The van der Waals surface area contributed by atoms with Crippen molar-refractivity contribution >= 4 is 59.9 Å². The fourth-order valence-electron chi connectivity index (χ4n) is 6.65. The number of carbonyl (C=O) groups is 1. The van der Waals surface area contributed by atoms with Gasteiger partial charge in [-0.1, -0.05) is 105 Å². The molecule has 4 nitrogen and oxygen atoms in total. The van der Waals surface area contributed by atoms with Crippen molar-refractivity contribution in [2.45, 2.75) is 114 Å². The summed E-state index contributed by atoms with van der Waals surface area (Å²) < 4.78 is 7.78. The van der Waals surface area contributed by atoms with Gasteiger partial charge in [0.25, 0.3) is 0 Å². The fourth-order valence-corrected chi connectivity index (χ4v) is 7.93. The molecule has 0 aliphatic carbocycles. The van der Waals surface area contributed by atoms with E-state index in [0.717, 1.165) is 70.7 Å². The number of allylic oxidation sites excluding steroid dienone is 2. The van der Waals surface area contributed by atoms with Crippen LogP contribution < -0.4 is 0 Å². The number of carbonyl (C=O) groups excluding carboxylic acids is 1. The second-order valence-electron chi connectivity index (χ2n) is 16.2. The predicted octanol–water partition coefficient (Wildman–Crippen LogP) is 14.0. The Bertz CT molecular complexity index is 2210. The van der Waals surface area contributed by atoms with Gasteiger partial charge in [0.1, 0.15) is 16.9 Å². The summed E-state index contributed by atoms with van der Waals surface area (Å²) >= 11 is 1.88. The first-order chi connectivity index (χ1) is 24.1. The number of benzene rings is 3. The monoisotopic (exact) mass is 895 g/mol. The van der Waals surface area contributed by atoms with E-state index in [1.807, 2.05) is 59.1 Å². The number of thiophene rings is 1. The van der Waals surface area contributed by atoms with Gasteiger partial charge >= 0.3 is 0 Å². The average Bonchev–Trinajstić information content (AvgIpc) is 3.67. The number of pyridine rings is 1. The maximum Gasteiger partial charge on any atom is 0.164 e. The molecule has 52 heavy (non-hydrogen) atoms. The van der Waals surface area contributed by atoms with E-state index in [2.05, 4.69) is 95.3 Å². The SMILES string of the molecule is CC(C)Cc1cc2cc3c(cc2s1)oc1c(-c2[c-]c4ccccc4c(C(C)(C)C)c2)nccc13.CCC(C)(CC)C(=O)/C=C(\O)C(C)(CC)CC.[Ir]. The third-order valence-corrected chi connectivity index (χ3v) is 12.2. The van der Waals surface area contributed by atoms with E-state index in [1.165, 1.54) is 32.0 Å². The van der Waals surface area contributed by atoms with Crippen molar-refractivity contribution in [2.75, 3.05) is 0 Å². The van der Waals surface area contributed by atoms with Crippen LogP contribution in [0.2, 0.25) is 0 Å². The first kappa shape index (κ1) is 41.4. The van der Waals surface area contributed by atoms with E-state index in [1.54, 1.807) is 0 Å². The molecular weight excluding hydrogens is 839 g/mol. The van der Waals surface area contributed by atoms with Gasteiger partial charge in [-0.2, -0.15) is 0 Å². The molecule has 279 valence electrons. The third kappa shape index (κ3) is 8.40. The van der Waals surface area contributed by atoms with Crippen LogP contribution in [-0.2, 0) is 36.7 Å². The van der Waals surface area contributed by atoms with E-state index in [0.29, 0.717) is 5.92 Å². The summed E-state index contributed by atoms with van der Waals surface area (Å²) in [5.74, 6) is 0.940. The van der Waals surface area contributed by atoms with Crippen LogP contribution in [0, 0.1) is 22.8 Å². The molecule has 0 aliphatic heterocycles. The molecule has 0 fully saturated rings. The first-order valence-corrected chi connectivity index (χ1v) is 19.5. The number of hydrogen-bond donors (Lipinski definition) is 1. The topological polar surface area (TPSA) is 63.3 Å².